The summed E-state index contributed by atoms with van der Waals surface area (Å²) in [6.45, 7) is 4.09. The Balaban J connectivity index is 1.54. The highest BCUT2D eigenvalue weighted by molar-refractivity contribution is 7.12. The Morgan fingerprint density at radius 2 is 2.08 bits per heavy atom. The van der Waals surface area contributed by atoms with Crippen LogP contribution in [0.25, 0.3) is 0 Å². The predicted molar refractivity (Wildman–Crippen MR) is 99.0 cm³/mol. The second kappa shape index (κ2) is 7.97. The van der Waals surface area contributed by atoms with Gasteiger partial charge in [0, 0.05) is 32.4 Å². The van der Waals surface area contributed by atoms with Crippen LogP contribution in [0.15, 0.2) is 35.8 Å². The topological polar surface area (TPSA) is 89.3 Å². The van der Waals surface area contributed by atoms with Crippen LogP contribution in [0.5, 0.6) is 0 Å². The van der Waals surface area contributed by atoms with Gasteiger partial charge < -0.3 is 15.1 Å². The van der Waals surface area contributed by atoms with Crippen LogP contribution in [0, 0.1) is 11.3 Å². The summed E-state index contributed by atoms with van der Waals surface area (Å²) >= 11 is 1.35. The van der Waals surface area contributed by atoms with Gasteiger partial charge in [0.15, 0.2) is 0 Å². The average molecular weight is 369 g/mol. The quantitative estimate of drug-likeness (QED) is 0.882. The molecular formula is C18H19N5O2S. The zero-order valence-electron chi connectivity index (χ0n) is 14.4. The van der Waals surface area contributed by atoms with Crippen LogP contribution in [-0.2, 0) is 4.79 Å². The molecule has 2 aromatic heterocycles. The summed E-state index contributed by atoms with van der Waals surface area (Å²) in [5.74, 6) is 0.431. The van der Waals surface area contributed by atoms with Crippen LogP contribution < -0.4 is 10.2 Å². The molecule has 1 aliphatic rings. The molecule has 0 saturated carbocycles. The van der Waals surface area contributed by atoms with E-state index in [2.05, 4.69) is 21.3 Å². The van der Waals surface area contributed by atoms with Crippen LogP contribution in [-0.4, -0.2) is 53.9 Å². The summed E-state index contributed by atoms with van der Waals surface area (Å²) < 4.78 is 0. The van der Waals surface area contributed by atoms with Gasteiger partial charge in [0.1, 0.15) is 11.9 Å². The van der Waals surface area contributed by atoms with Crippen LogP contribution in [0.3, 0.4) is 0 Å². The first kappa shape index (κ1) is 17.9. The molecule has 7 nitrogen and oxygen atoms in total. The van der Waals surface area contributed by atoms with Gasteiger partial charge in [-0.3, -0.25) is 9.59 Å². The number of rotatable bonds is 4. The van der Waals surface area contributed by atoms with E-state index in [4.69, 9.17) is 5.26 Å². The lowest BCUT2D eigenvalue weighted by Gasteiger charge is -2.36. The molecule has 8 heteroatoms. The van der Waals surface area contributed by atoms with Gasteiger partial charge in [-0.25, -0.2) is 4.98 Å². The van der Waals surface area contributed by atoms with Gasteiger partial charge in [-0.05, 0) is 30.5 Å². The Kier molecular flexibility index (Phi) is 5.49. The fourth-order valence-electron chi connectivity index (χ4n) is 2.83. The molecule has 3 heterocycles. The van der Waals surface area contributed by atoms with Crippen LogP contribution in [0.2, 0.25) is 0 Å². The molecular weight excluding hydrogens is 350 g/mol. The number of amides is 2. The number of thiophene rings is 1. The first-order valence-corrected chi connectivity index (χ1v) is 9.20. The lowest BCUT2D eigenvalue weighted by molar-refractivity contribution is -0.133. The molecule has 1 N–H and O–H groups in total. The highest BCUT2D eigenvalue weighted by atomic mass is 32.1. The Bertz CT molecular complexity index is 822. The molecule has 3 rings (SSSR count). The number of nitriles is 1. The van der Waals surface area contributed by atoms with Crippen molar-refractivity contribution in [1.82, 2.24) is 15.2 Å². The number of nitrogens with one attached hydrogen (secondary N) is 1. The second-order valence-corrected chi connectivity index (χ2v) is 6.95. The summed E-state index contributed by atoms with van der Waals surface area (Å²) in [6.07, 6.45) is 1.62. The maximum Gasteiger partial charge on any atom is 0.261 e. The molecule has 0 bridgehead atoms. The molecule has 26 heavy (non-hydrogen) atoms. The van der Waals surface area contributed by atoms with Crippen molar-refractivity contribution in [2.24, 2.45) is 0 Å². The molecule has 1 unspecified atom stereocenters. The number of hydrogen-bond acceptors (Lipinski definition) is 6. The van der Waals surface area contributed by atoms with E-state index in [-0.39, 0.29) is 11.8 Å². The van der Waals surface area contributed by atoms with Crippen molar-refractivity contribution in [2.45, 2.75) is 13.0 Å². The number of hydrogen-bond donors (Lipinski definition) is 1. The first-order chi connectivity index (χ1) is 12.6. The Labute approximate surface area is 155 Å². The molecule has 1 atom stereocenters. The molecule has 0 aromatic carbocycles. The standard InChI is InChI=1S/C18H19N5O2S/c1-13(21-17(24)15-3-2-10-26-15)18(25)23-8-6-22(7-9-23)16-11-14(12-19)4-5-20-16/h2-5,10-11,13H,6-9H2,1H3,(H,21,24). The molecule has 1 fully saturated rings. The Morgan fingerprint density at radius 3 is 2.73 bits per heavy atom. The Hall–Kier alpha value is -2.92. The predicted octanol–water partition coefficient (Wildman–Crippen LogP) is 1.48. The molecule has 2 amide bonds. The number of aromatic nitrogens is 1. The van der Waals surface area contributed by atoms with Crippen molar-refractivity contribution in [1.29, 1.82) is 5.26 Å². The van der Waals surface area contributed by atoms with Gasteiger partial charge in [-0.2, -0.15) is 5.26 Å². The van der Waals surface area contributed by atoms with E-state index in [9.17, 15) is 9.59 Å². The lowest BCUT2D eigenvalue weighted by Crippen LogP contribution is -2.54. The summed E-state index contributed by atoms with van der Waals surface area (Å²) in [7, 11) is 0. The third kappa shape index (κ3) is 4.00. The summed E-state index contributed by atoms with van der Waals surface area (Å²) in [5.41, 5.74) is 0.568. The molecule has 1 aliphatic heterocycles. The first-order valence-electron chi connectivity index (χ1n) is 8.33. The molecule has 0 radical (unpaired) electrons. The number of nitrogens with zero attached hydrogens (tertiary/aromatic N) is 4. The lowest BCUT2D eigenvalue weighted by atomic mass is 10.2. The normalized spacial score (nSPS) is 15.2. The third-order valence-electron chi connectivity index (χ3n) is 4.25. The van der Waals surface area contributed by atoms with Gasteiger partial charge in [-0.1, -0.05) is 6.07 Å². The van der Waals surface area contributed by atoms with E-state index in [1.165, 1.54) is 11.3 Å². The highest BCUT2D eigenvalue weighted by Gasteiger charge is 2.26. The molecule has 1 saturated heterocycles. The molecule has 0 spiro atoms. The summed E-state index contributed by atoms with van der Waals surface area (Å²) in [4.78, 5) is 33.4. The summed E-state index contributed by atoms with van der Waals surface area (Å²) in [5, 5.41) is 13.6. The maximum atomic E-state index is 12.6. The zero-order chi connectivity index (χ0) is 18.5. The van der Waals surface area contributed by atoms with Crippen molar-refractivity contribution in [3.63, 3.8) is 0 Å². The number of carbonyl (C=O) groups is 2. The van der Waals surface area contributed by atoms with Crippen molar-refractivity contribution < 1.29 is 9.59 Å². The van der Waals surface area contributed by atoms with Gasteiger partial charge in [0.2, 0.25) is 5.91 Å². The van der Waals surface area contributed by atoms with E-state index in [1.54, 1.807) is 42.3 Å². The molecule has 134 valence electrons. The number of anilines is 1. The highest BCUT2D eigenvalue weighted by Crippen LogP contribution is 2.15. The smallest absolute Gasteiger partial charge is 0.261 e. The number of piperazine rings is 1. The monoisotopic (exact) mass is 369 g/mol. The van der Waals surface area contributed by atoms with Crippen molar-refractivity contribution in [3.05, 3.63) is 46.3 Å². The van der Waals surface area contributed by atoms with Crippen LogP contribution in [0.4, 0.5) is 5.82 Å². The SMILES string of the molecule is CC(NC(=O)c1cccs1)C(=O)N1CCN(c2cc(C#N)ccn2)CC1. The summed E-state index contributed by atoms with van der Waals surface area (Å²) in [6, 6.07) is 8.49. The van der Waals surface area contributed by atoms with Gasteiger partial charge in [-0.15, -0.1) is 11.3 Å². The second-order valence-electron chi connectivity index (χ2n) is 6.00. The minimum atomic E-state index is -0.573. The van der Waals surface area contributed by atoms with Crippen LogP contribution in [0.1, 0.15) is 22.2 Å². The largest absolute Gasteiger partial charge is 0.353 e. The fourth-order valence-corrected chi connectivity index (χ4v) is 3.45. The maximum absolute atomic E-state index is 12.6. The number of carbonyl (C=O) groups excluding carboxylic acids is 2. The van der Waals surface area contributed by atoms with Gasteiger partial charge in [0.05, 0.1) is 16.5 Å². The number of pyridine rings is 1. The van der Waals surface area contributed by atoms with Crippen molar-refractivity contribution in [3.8, 4) is 6.07 Å². The minimum absolute atomic E-state index is 0.0895. The van der Waals surface area contributed by atoms with E-state index in [1.807, 2.05) is 5.38 Å². The van der Waals surface area contributed by atoms with Crippen molar-refractivity contribution >= 4 is 29.0 Å². The third-order valence-corrected chi connectivity index (χ3v) is 5.12. The molecule has 0 aliphatic carbocycles. The van der Waals surface area contributed by atoms with Gasteiger partial charge in [0.25, 0.3) is 5.91 Å². The Morgan fingerprint density at radius 1 is 1.31 bits per heavy atom. The van der Waals surface area contributed by atoms with E-state index in [0.29, 0.717) is 36.6 Å². The average Bonchev–Trinajstić information content (AvgIpc) is 3.22. The zero-order valence-corrected chi connectivity index (χ0v) is 15.2. The van der Waals surface area contributed by atoms with E-state index in [0.717, 1.165) is 5.82 Å². The van der Waals surface area contributed by atoms with E-state index < -0.39 is 6.04 Å². The van der Waals surface area contributed by atoms with Crippen LogP contribution >= 0.6 is 11.3 Å². The molecule has 2 aromatic rings. The minimum Gasteiger partial charge on any atom is -0.353 e. The fraction of sp³-hybridized carbons (Fsp3) is 0.333. The van der Waals surface area contributed by atoms with E-state index >= 15 is 0 Å². The van der Waals surface area contributed by atoms with Crippen molar-refractivity contribution in [2.75, 3.05) is 31.1 Å². The van der Waals surface area contributed by atoms with Gasteiger partial charge >= 0.3 is 0 Å².